The lowest BCUT2D eigenvalue weighted by molar-refractivity contribution is -0.387. The van der Waals surface area contributed by atoms with Crippen LogP contribution < -0.4 is 10.0 Å². The fourth-order valence-electron chi connectivity index (χ4n) is 1.65. The van der Waals surface area contributed by atoms with Gasteiger partial charge in [-0.2, -0.15) is 0 Å². The maximum Gasteiger partial charge on any atom is 0.289 e. The van der Waals surface area contributed by atoms with Gasteiger partial charge in [-0.1, -0.05) is 19.1 Å². The van der Waals surface area contributed by atoms with Crippen LogP contribution in [0.2, 0.25) is 0 Å². The van der Waals surface area contributed by atoms with Crippen LogP contribution in [-0.4, -0.2) is 33.0 Å². The van der Waals surface area contributed by atoms with Crippen LogP contribution in [0.3, 0.4) is 0 Å². The number of nitrogens with one attached hydrogen (secondary N) is 2. The zero-order chi connectivity index (χ0) is 14.5. The van der Waals surface area contributed by atoms with E-state index in [1.54, 1.807) is 0 Å². The standard InChI is InChI=1S/C11H17N3O4S/c1-3-12-7-8-13-19(17,18)11-9(2)5-4-6-10(11)14(15)16/h4-6,12-13H,3,7-8H2,1-2H3. The van der Waals surface area contributed by atoms with Gasteiger partial charge in [0.25, 0.3) is 5.69 Å². The van der Waals surface area contributed by atoms with E-state index >= 15 is 0 Å². The second-order valence-corrected chi connectivity index (χ2v) is 5.64. The molecule has 0 saturated carbocycles. The van der Waals surface area contributed by atoms with Crippen molar-refractivity contribution in [3.63, 3.8) is 0 Å². The van der Waals surface area contributed by atoms with Crippen LogP contribution in [0.25, 0.3) is 0 Å². The second kappa shape index (κ2) is 6.60. The van der Waals surface area contributed by atoms with E-state index in [9.17, 15) is 18.5 Å². The second-order valence-electron chi connectivity index (χ2n) is 3.93. The van der Waals surface area contributed by atoms with Crippen LogP contribution in [0.15, 0.2) is 23.1 Å². The Balaban J connectivity index is 3.04. The molecule has 19 heavy (non-hydrogen) atoms. The van der Waals surface area contributed by atoms with Gasteiger partial charge in [-0.05, 0) is 19.0 Å². The molecule has 0 saturated heterocycles. The van der Waals surface area contributed by atoms with Gasteiger partial charge in [0.1, 0.15) is 0 Å². The largest absolute Gasteiger partial charge is 0.316 e. The Morgan fingerprint density at radius 3 is 2.58 bits per heavy atom. The third-order valence-corrected chi connectivity index (χ3v) is 4.15. The first-order valence-corrected chi connectivity index (χ1v) is 7.33. The van der Waals surface area contributed by atoms with Crippen molar-refractivity contribution in [2.24, 2.45) is 0 Å². The molecule has 0 amide bonds. The maximum atomic E-state index is 12.1. The Kier molecular flexibility index (Phi) is 5.40. The Labute approximate surface area is 112 Å². The highest BCUT2D eigenvalue weighted by Gasteiger charge is 2.27. The number of rotatable bonds is 7. The normalized spacial score (nSPS) is 11.5. The van der Waals surface area contributed by atoms with Gasteiger partial charge in [-0.25, -0.2) is 13.1 Å². The Morgan fingerprint density at radius 1 is 1.32 bits per heavy atom. The Morgan fingerprint density at radius 2 is 2.00 bits per heavy atom. The number of nitro groups is 1. The third-order valence-electron chi connectivity index (χ3n) is 2.50. The molecular weight excluding hydrogens is 270 g/mol. The highest BCUT2D eigenvalue weighted by Crippen LogP contribution is 2.26. The van der Waals surface area contributed by atoms with Gasteiger partial charge in [0, 0.05) is 19.2 Å². The van der Waals surface area contributed by atoms with Gasteiger partial charge in [0.15, 0.2) is 4.90 Å². The van der Waals surface area contributed by atoms with Crippen molar-refractivity contribution in [3.05, 3.63) is 33.9 Å². The molecular formula is C11H17N3O4S. The number of nitrogens with zero attached hydrogens (tertiary/aromatic N) is 1. The lowest BCUT2D eigenvalue weighted by Gasteiger charge is -2.09. The summed E-state index contributed by atoms with van der Waals surface area (Å²) in [5.74, 6) is 0. The lowest BCUT2D eigenvalue weighted by atomic mass is 10.2. The predicted molar refractivity (Wildman–Crippen MR) is 71.6 cm³/mol. The van der Waals surface area contributed by atoms with Gasteiger partial charge < -0.3 is 5.32 Å². The highest BCUT2D eigenvalue weighted by molar-refractivity contribution is 7.89. The number of nitro benzene ring substituents is 1. The molecule has 0 radical (unpaired) electrons. The summed E-state index contributed by atoms with van der Waals surface area (Å²) < 4.78 is 26.5. The van der Waals surface area contributed by atoms with E-state index in [2.05, 4.69) is 10.0 Å². The van der Waals surface area contributed by atoms with Crippen molar-refractivity contribution in [2.45, 2.75) is 18.7 Å². The van der Waals surface area contributed by atoms with Crippen LogP contribution in [0.4, 0.5) is 5.69 Å². The van der Waals surface area contributed by atoms with E-state index in [4.69, 9.17) is 0 Å². The average molecular weight is 287 g/mol. The zero-order valence-corrected chi connectivity index (χ0v) is 11.7. The summed E-state index contributed by atoms with van der Waals surface area (Å²) in [7, 11) is -3.88. The minimum absolute atomic E-state index is 0.182. The molecule has 0 bridgehead atoms. The Bertz CT molecular complexity index is 557. The topological polar surface area (TPSA) is 101 Å². The summed E-state index contributed by atoms with van der Waals surface area (Å²) in [6.07, 6.45) is 0. The van der Waals surface area contributed by atoms with Gasteiger partial charge in [0.2, 0.25) is 10.0 Å². The van der Waals surface area contributed by atoms with Gasteiger partial charge in [-0.3, -0.25) is 10.1 Å². The Hall–Kier alpha value is -1.51. The summed E-state index contributed by atoms with van der Waals surface area (Å²) >= 11 is 0. The van der Waals surface area contributed by atoms with Crippen LogP contribution in [0, 0.1) is 17.0 Å². The van der Waals surface area contributed by atoms with Gasteiger partial charge >= 0.3 is 0 Å². The lowest BCUT2D eigenvalue weighted by Crippen LogP contribution is -2.32. The first-order valence-electron chi connectivity index (χ1n) is 5.84. The number of aryl methyl sites for hydroxylation is 1. The molecule has 2 N–H and O–H groups in total. The molecule has 0 unspecified atom stereocenters. The summed E-state index contributed by atoms with van der Waals surface area (Å²) in [6, 6.07) is 4.18. The van der Waals surface area contributed by atoms with E-state index in [1.807, 2.05) is 6.92 Å². The molecule has 1 aromatic carbocycles. The van der Waals surface area contributed by atoms with Gasteiger partial charge in [0.05, 0.1) is 4.92 Å². The molecule has 0 aliphatic rings. The first-order chi connectivity index (χ1) is 8.90. The van der Waals surface area contributed by atoms with Crippen molar-refractivity contribution in [2.75, 3.05) is 19.6 Å². The van der Waals surface area contributed by atoms with E-state index in [1.165, 1.54) is 25.1 Å². The van der Waals surface area contributed by atoms with Crippen molar-refractivity contribution in [1.82, 2.24) is 10.0 Å². The van der Waals surface area contributed by atoms with Crippen molar-refractivity contribution < 1.29 is 13.3 Å². The van der Waals surface area contributed by atoms with Crippen LogP contribution in [-0.2, 0) is 10.0 Å². The molecule has 0 fully saturated rings. The molecule has 1 aromatic rings. The molecule has 0 spiro atoms. The predicted octanol–water partition coefficient (Wildman–Crippen LogP) is 0.791. The fourth-order valence-corrected chi connectivity index (χ4v) is 3.08. The minimum Gasteiger partial charge on any atom is -0.316 e. The number of hydrogen-bond acceptors (Lipinski definition) is 5. The van der Waals surface area contributed by atoms with E-state index in [-0.39, 0.29) is 11.4 Å². The molecule has 0 aromatic heterocycles. The third kappa shape index (κ3) is 3.98. The smallest absolute Gasteiger partial charge is 0.289 e. The van der Waals surface area contributed by atoms with Crippen LogP contribution >= 0.6 is 0 Å². The van der Waals surface area contributed by atoms with E-state index < -0.39 is 20.6 Å². The SMILES string of the molecule is CCNCCNS(=O)(=O)c1c(C)cccc1[N+](=O)[O-]. The van der Waals surface area contributed by atoms with E-state index in [0.717, 1.165) is 6.54 Å². The molecule has 8 heteroatoms. The molecule has 0 atom stereocenters. The van der Waals surface area contributed by atoms with Crippen LogP contribution in [0.5, 0.6) is 0 Å². The van der Waals surface area contributed by atoms with Gasteiger partial charge in [-0.15, -0.1) is 0 Å². The summed E-state index contributed by atoms with van der Waals surface area (Å²) in [5, 5.41) is 13.9. The molecule has 1 rings (SSSR count). The van der Waals surface area contributed by atoms with E-state index in [0.29, 0.717) is 12.1 Å². The summed E-state index contributed by atoms with van der Waals surface area (Å²) in [4.78, 5) is 9.94. The minimum atomic E-state index is -3.88. The zero-order valence-electron chi connectivity index (χ0n) is 10.8. The van der Waals surface area contributed by atoms with Crippen LogP contribution in [0.1, 0.15) is 12.5 Å². The maximum absolute atomic E-state index is 12.1. The number of likely N-dealkylation sites (N-methyl/N-ethyl adjacent to an activating group) is 1. The van der Waals surface area contributed by atoms with Crippen molar-refractivity contribution in [3.8, 4) is 0 Å². The molecule has 7 nitrogen and oxygen atoms in total. The van der Waals surface area contributed by atoms with Crippen molar-refractivity contribution >= 4 is 15.7 Å². The molecule has 106 valence electrons. The summed E-state index contributed by atoms with van der Waals surface area (Å²) in [5.41, 5.74) is -0.0545. The number of benzene rings is 1. The molecule has 0 aliphatic carbocycles. The fraction of sp³-hybridized carbons (Fsp3) is 0.455. The highest BCUT2D eigenvalue weighted by atomic mass is 32.2. The average Bonchev–Trinajstić information content (AvgIpc) is 2.34. The monoisotopic (exact) mass is 287 g/mol. The number of hydrogen-bond donors (Lipinski definition) is 2. The summed E-state index contributed by atoms with van der Waals surface area (Å²) in [6.45, 7) is 4.82. The quantitative estimate of drug-likeness (QED) is 0.438. The molecule has 0 aliphatic heterocycles. The van der Waals surface area contributed by atoms with Crippen molar-refractivity contribution in [1.29, 1.82) is 0 Å². The first kappa shape index (κ1) is 15.5. The molecule has 0 heterocycles. The number of sulfonamides is 1.